The molecule has 1 unspecified atom stereocenters. The number of aromatic nitrogens is 1. The quantitative estimate of drug-likeness (QED) is 0.724. The van der Waals surface area contributed by atoms with Gasteiger partial charge in [-0.2, -0.15) is 0 Å². The molecule has 1 heterocycles. The van der Waals surface area contributed by atoms with Gasteiger partial charge in [0.1, 0.15) is 10.3 Å². The molecule has 21 heavy (non-hydrogen) atoms. The monoisotopic (exact) mass is 387 g/mol. The van der Waals surface area contributed by atoms with Gasteiger partial charge in [0.2, 0.25) is 0 Å². The van der Waals surface area contributed by atoms with Crippen molar-refractivity contribution < 1.29 is 4.79 Å². The number of hydrogen-bond acceptors (Lipinski definition) is 2. The maximum atomic E-state index is 11.9. The molecule has 0 aliphatic carbocycles. The molecule has 0 radical (unpaired) electrons. The summed E-state index contributed by atoms with van der Waals surface area (Å²) >= 11 is 14.9. The first-order chi connectivity index (χ1) is 9.94. The highest BCUT2D eigenvalue weighted by Crippen LogP contribution is 2.19. The topological polar surface area (TPSA) is 54.0 Å². The number of anilines is 1. The highest BCUT2D eigenvalue weighted by Gasteiger charge is 2.10. The predicted octanol–water partition coefficient (Wildman–Crippen LogP) is 5.03. The molecule has 0 aliphatic rings. The van der Waals surface area contributed by atoms with Gasteiger partial charge in [0.25, 0.3) is 0 Å². The molecule has 2 N–H and O–H groups in total. The number of carbonyl (C=O) groups is 1. The Morgan fingerprint density at radius 2 is 1.76 bits per heavy atom. The summed E-state index contributed by atoms with van der Waals surface area (Å²) in [6, 6.07) is 10.3. The number of amides is 2. The number of rotatable bonds is 3. The van der Waals surface area contributed by atoms with Crippen molar-refractivity contribution in [3.63, 3.8) is 0 Å². The minimum atomic E-state index is -0.344. The second-order valence-electron chi connectivity index (χ2n) is 4.37. The lowest BCUT2D eigenvalue weighted by atomic mass is 10.1. The number of nitrogens with one attached hydrogen (secondary N) is 2. The van der Waals surface area contributed by atoms with Gasteiger partial charge in [-0.1, -0.05) is 51.3 Å². The van der Waals surface area contributed by atoms with Crippen LogP contribution < -0.4 is 10.6 Å². The first-order valence-corrected chi connectivity index (χ1v) is 7.65. The Kier molecular flexibility index (Phi) is 5.45. The lowest BCUT2D eigenvalue weighted by Gasteiger charge is -2.15. The van der Waals surface area contributed by atoms with E-state index in [-0.39, 0.29) is 22.4 Å². The van der Waals surface area contributed by atoms with E-state index in [2.05, 4.69) is 31.5 Å². The van der Waals surface area contributed by atoms with Crippen LogP contribution in [0.4, 0.5) is 10.5 Å². The van der Waals surface area contributed by atoms with E-state index in [0.29, 0.717) is 5.69 Å². The molecule has 2 amide bonds. The Morgan fingerprint density at radius 3 is 2.33 bits per heavy atom. The zero-order chi connectivity index (χ0) is 15.4. The number of nitrogens with zero attached hydrogens (tertiary/aromatic N) is 1. The molecule has 0 bridgehead atoms. The minimum Gasteiger partial charge on any atom is -0.331 e. The second kappa shape index (κ2) is 7.11. The van der Waals surface area contributed by atoms with Crippen molar-refractivity contribution >= 4 is 50.9 Å². The number of hydrogen-bond donors (Lipinski definition) is 2. The van der Waals surface area contributed by atoms with E-state index in [1.54, 1.807) is 0 Å². The van der Waals surface area contributed by atoms with Crippen molar-refractivity contribution in [2.45, 2.75) is 13.0 Å². The van der Waals surface area contributed by atoms with E-state index in [4.69, 9.17) is 23.2 Å². The number of pyridine rings is 1. The summed E-state index contributed by atoms with van der Waals surface area (Å²) in [5.41, 5.74) is 1.49. The Labute approximate surface area is 141 Å². The molecule has 0 spiro atoms. The van der Waals surface area contributed by atoms with Crippen LogP contribution in [0.3, 0.4) is 0 Å². The molecule has 1 aromatic carbocycles. The molecule has 1 aromatic heterocycles. The lowest BCUT2D eigenvalue weighted by Crippen LogP contribution is -2.31. The summed E-state index contributed by atoms with van der Waals surface area (Å²) in [7, 11) is 0. The van der Waals surface area contributed by atoms with Crippen molar-refractivity contribution in [3.05, 3.63) is 56.7 Å². The summed E-state index contributed by atoms with van der Waals surface area (Å²) in [6.45, 7) is 1.90. The average Bonchev–Trinajstić information content (AvgIpc) is 2.37. The average molecular weight is 389 g/mol. The second-order valence-corrected chi connectivity index (χ2v) is 6.06. The molecule has 0 aliphatic heterocycles. The minimum absolute atomic E-state index is 0.133. The van der Waals surface area contributed by atoms with Crippen molar-refractivity contribution in [2.75, 3.05) is 5.32 Å². The smallest absolute Gasteiger partial charge is 0.319 e. The van der Waals surface area contributed by atoms with E-state index in [1.165, 1.54) is 12.1 Å². The fourth-order valence-corrected chi connectivity index (χ4v) is 2.46. The third kappa shape index (κ3) is 4.88. The van der Waals surface area contributed by atoms with Crippen LogP contribution >= 0.6 is 39.1 Å². The van der Waals surface area contributed by atoms with Crippen LogP contribution in [0.5, 0.6) is 0 Å². The van der Waals surface area contributed by atoms with Gasteiger partial charge in [-0.25, -0.2) is 9.78 Å². The largest absolute Gasteiger partial charge is 0.331 e. The van der Waals surface area contributed by atoms with Crippen LogP contribution in [0.2, 0.25) is 10.3 Å². The number of benzene rings is 1. The van der Waals surface area contributed by atoms with Crippen LogP contribution in [0.25, 0.3) is 0 Å². The van der Waals surface area contributed by atoms with E-state index < -0.39 is 0 Å². The Hall–Kier alpha value is -1.30. The summed E-state index contributed by atoms with van der Waals surface area (Å²) in [4.78, 5) is 15.8. The van der Waals surface area contributed by atoms with Crippen molar-refractivity contribution in [3.8, 4) is 0 Å². The van der Waals surface area contributed by atoms with Gasteiger partial charge in [-0.15, -0.1) is 0 Å². The van der Waals surface area contributed by atoms with Crippen LogP contribution in [0, 0.1) is 0 Å². The predicted molar refractivity (Wildman–Crippen MR) is 89.0 cm³/mol. The zero-order valence-corrected chi connectivity index (χ0v) is 14.1. The molecule has 2 aromatic rings. The van der Waals surface area contributed by atoms with Gasteiger partial charge in [0.05, 0.1) is 6.04 Å². The fraction of sp³-hybridized carbons (Fsp3) is 0.143. The molecular weight excluding hydrogens is 377 g/mol. The summed E-state index contributed by atoms with van der Waals surface area (Å²) in [5, 5.41) is 5.94. The first-order valence-electron chi connectivity index (χ1n) is 6.10. The SMILES string of the molecule is CC(NC(=O)Nc1cc(Cl)nc(Cl)c1)c1ccc(Br)cc1. The Bertz CT molecular complexity index is 629. The highest BCUT2D eigenvalue weighted by atomic mass is 79.9. The van der Waals surface area contributed by atoms with Crippen LogP contribution in [-0.2, 0) is 0 Å². The first kappa shape index (κ1) is 16.1. The third-order valence-corrected chi connectivity index (χ3v) is 3.65. The molecule has 7 heteroatoms. The van der Waals surface area contributed by atoms with E-state index in [0.717, 1.165) is 10.0 Å². The van der Waals surface area contributed by atoms with Crippen LogP contribution in [-0.4, -0.2) is 11.0 Å². The Balaban J connectivity index is 1.99. The highest BCUT2D eigenvalue weighted by molar-refractivity contribution is 9.10. The normalized spacial score (nSPS) is 11.8. The fourth-order valence-electron chi connectivity index (χ4n) is 1.74. The Morgan fingerprint density at radius 1 is 1.19 bits per heavy atom. The zero-order valence-electron chi connectivity index (χ0n) is 11.0. The summed E-state index contributed by atoms with van der Waals surface area (Å²) in [6.07, 6.45) is 0. The van der Waals surface area contributed by atoms with E-state index >= 15 is 0 Å². The van der Waals surface area contributed by atoms with E-state index in [9.17, 15) is 4.79 Å². The molecule has 110 valence electrons. The molecule has 1 atom stereocenters. The third-order valence-electron chi connectivity index (χ3n) is 2.74. The standard InChI is InChI=1S/C14H12BrCl2N3O/c1-8(9-2-4-10(15)5-3-9)18-14(21)19-11-6-12(16)20-13(17)7-11/h2-8H,1H3,(H2,18,19,20,21). The molecular formula is C14H12BrCl2N3O. The molecule has 4 nitrogen and oxygen atoms in total. The van der Waals surface area contributed by atoms with Crippen molar-refractivity contribution in [2.24, 2.45) is 0 Å². The maximum Gasteiger partial charge on any atom is 0.319 e. The summed E-state index contributed by atoms with van der Waals surface area (Å²) < 4.78 is 0.990. The van der Waals surface area contributed by atoms with E-state index in [1.807, 2.05) is 31.2 Å². The number of urea groups is 1. The van der Waals surface area contributed by atoms with Gasteiger partial charge in [-0.3, -0.25) is 0 Å². The van der Waals surface area contributed by atoms with Gasteiger partial charge in [0, 0.05) is 10.2 Å². The number of carbonyl (C=O) groups excluding carboxylic acids is 1. The lowest BCUT2D eigenvalue weighted by molar-refractivity contribution is 0.249. The number of halogens is 3. The molecule has 0 saturated carbocycles. The van der Waals surface area contributed by atoms with Gasteiger partial charge >= 0.3 is 6.03 Å². The maximum absolute atomic E-state index is 11.9. The molecule has 2 rings (SSSR count). The van der Waals surface area contributed by atoms with Crippen molar-refractivity contribution in [1.82, 2.24) is 10.3 Å². The summed E-state index contributed by atoms with van der Waals surface area (Å²) in [5.74, 6) is 0. The molecule has 0 saturated heterocycles. The van der Waals surface area contributed by atoms with Crippen LogP contribution in [0.15, 0.2) is 40.9 Å². The van der Waals surface area contributed by atoms with Gasteiger partial charge in [0.15, 0.2) is 0 Å². The van der Waals surface area contributed by atoms with Crippen molar-refractivity contribution in [1.29, 1.82) is 0 Å². The van der Waals surface area contributed by atoms with Gasteiger partial charge in [-0.05, 0) is 36.8 Å². The van der Waals surface area contributed by atoms with Crippen LogP contribution in [0.1, 0.15) is 18.5 Å². The van der Waals surface area contributed by atoms with Gasteiger partial charge < -0.3 is 10.6 Å². The molecule has 0 fully saturated rings.